The molecule has 7 atom stereocenters. The molecular formula is C31H47N3O3. The summed E-state index contributed by atoms with van der Waals surface area (Å²) in [5, 5.41) is 8.09. The number of hydrogen-bond acceptors (Lipinski definition) is 5. The number of carbonyl (C=O) groups excluding carboxylic acids is 2. The summed E-state index contributed by atoms with van der Waals surface area (Å²) in [7, 11) is 0. The first-order valence-electron chi connectivity index (χ1n) is 15.3. The van der Waals surface area contributed by atoms with Gasteiger partial charge in [0.1, 0.15) is 0 Å². The quantitative estimate of drug-likeness (QED) is 0.270. The van der Waals surface area contributed by atoms with Gasteiger partial charge in [-0.3, -0.25) is 9.63 Å². The van der Waals surface area contributed by atoms with Gasteiger partial charge in [0.05, 0.1) is 5.71 Å². The van der Waals surface area contributed by atoms with Gasteiger partial charge < -0.3 is 10.2 Å². The lowest BCUT2D eigenvalue weighted by molar-refractivity contribution is -0.117. The standard InChI is InChI=1S/C31H47N3O3/c1-20(33-37-29(36)34(23-8-9-23)19-22-6-4-5-17-32-22)26-11-12-27-25-10-7-21-18-24(35)13-15-30(21,2)28(25)14-16-31(26,27)3/h18,22-23,25-28,32H,4-17,19H2,1-3H3/b33-20+/t22?,25-,26+,27-,28-,30-,31+/m0/s1. The molecule has 0 aromatic carbocycles. The van der Waals surface area contributed by atoms with E-state index in [1.54, 1.807) is 0 Å². The molecule has 4 saturated carbocycles. The topological polar surface area (TPSA) is 71.0 Å². The fourth-order valence-electron chi connectivity index (χ4n) is 9.55. The second-order valence-corrected chi connectivity index (χ2v) is 13.8. The second-order valence-electron chi connectivity index (χ2n) is 13.8. The number of hydrogen-bond donors (Lipinski definition) is 1. The highest BCUT2D eigenvalue weighted by Crippen LogP contribution is 2.66. The summed E-state index contributed by atoms with van der Waals surface area (Å²) in [6, 6.07) is 0.712. The van der Waals surface area contributed by atoms with Gasteiger partial charge in [-0.25, -0.2) is 4.79 Å². The van der Waals surface area contributed by atoms with Crippen molar-refractivity contribution in [3.05, 3.63) is 11.6 Å². The average Bonchev–Trinajstić information content (AvgIpc) is 3.67. The van der Waals surface area contributed by atoms with Crippen LogP contribution in [0.15, 0.2) is 16.8 Å². The van der Waals surface area contributed by atoms with Crippen LogP contribution >= 0.6 is 0 Å². The first-order valence-corrected chi connectivity index (χ1v) is 15.3. The smallest absolute Gasteiger partial charge is 0.312 e. The third-order valence-electron chi connectivity index (χ3n) is 11.8. The molecule has 1 amide bonds. The maximum atomic E-state index is 13.1. The van der Waals surface area contributed by atoms with Crippen LogP contribution in [0.1, 0.15) is 104 Å². The second kappa shape index (κ2) is 9.81. The molecule has 0 spiro atoms. The zero-order valence-corrected chi connectivity index (χ0v) is 23.3. The molecule has 6 rings (SSSR count). The summed E-state index contributed by atoms with van der Waals surface area (Å²) in [6.07, 6.45) is 16.4. The van der Waals surface area contributed by atoms with Crippen LogP contribution in [0.5, 0.6) is 0 Å². The first-order chi connectivity index (χ1) is 17.8. The molecule has 0 radical (unpaired) electrons. The fraction of sp³-hybridized carbons (Fsp3) is 0.839. The maximum Gasteiger partial charge on any atom is 0.436 e. The number of nitrogens with one attached hydrogen (secondary N) is 1. The van der Waals surface area contributed by atoms with Crippen molar-refractivity contribution in [1.29, 1.82) is 0 Å². The van der Waals surface area contributed by atoms with Crippen LogP contribution in [0.2, 0.25) is 0 Å². The summed E-state index contributed by atoms with van der Waals surface area (Å²) in [4.78, 5) is 32.8. The number of fused-ring (bicyclic) bond motifs is 5. The predicted molar refractivity (Wildman–Crippen MR) is 145 cm³/mol. The molecule has 204 valence electrons. The van der Waals surface area contributed by atoms with Crippen LogP contribution in [0.3, 0.4) is 0 Å². The molecule has 1 unspecified atom stereocenters. The lowest BCUT2D eigenvalue weighted by Gasteiger charge is -2.58. The minimum Gasteiger partial charge on any atom is -0.312 e. The summed E-state index contributed by atoms with van der Waals surface area (Å²) < 4.78 is 0. The van der Waals surface area contributed by atoms with Crippen LogP contribution in [0, 0.1) is 34.5 Å². The van der Waals surface area contributed by atoms with E-state index in [4.69, 9.17) is 4.84 Å². The Morgan fingerprint density at radius 1 is 1.05 bits per heavy atom. The normalized spacial score (nSPS) is 41.8. The van der Waals surface area contributed by atoms with Gasteiger partial charge in [0.2, 0.25) is 0 Å². The van der Waals surface area contributed by atoms with Crippen LogP contribution < -0.4 is 5.32 Å². The molecule has 0 bridgehead atoms. The number of rotatable bonds is 5. The van der Waals surface area contributed by atoms with E-state index in [0.29, 0.717) is 35.6 Å². The molecule has 1 saturated heterocycles. The number of ketones is 1. The molecule has 1 N–H and O–H groups in total. The van der Waals surface area contributed by atoms with Gasteiger partial charge in [-0.05, 0) is 119 Å². The molecule has 0 aromatic rings. The van der Waals surface area contributed by atoms with E-state index < -0.39 is 0 Å². The number of nitrogens with zero attached hydrogens (tertiary/aromatic N) is 2. The minimum absolute atomic E-state index is 0.217. The van der Waals surface area contributed by atoms with Gasteiger partial charge >= 0.3 is 6.09 Å². The van der Waals surface area contributed by atoms with Gasteiger partial charge in [0, 0.05) is 31.0 Å². The minimum atomic E-state index is -0.260. The lowest BCUT2D eigenvalue weighted by Crippen LogP contribution is -2.51. The Balaban J connectivity index is 1.12. The molecule has 5 fully saturated rings. The summed E-state index contributed by atoms with van der Waals surface area (Å²) in [5.41, 5.74) is 2.89. The van der Waals surface area contributed by atoms with Gasteiger partial charge in [0.15, 0.2) is 5.78 Å². The summed E-state index contributed by atoms with van der Waals surface area (Å²) >= 11 is 0. The van der Waals surface area contributed by atoms with Crippen LogP contribution in [-0.2, 0) is 9.63 Å². The van der Waals surface area contributed by atoms with E-state index in [2.05, 4.69) is 31.2 Å². The molecule has 6 aliphatic rings. The van der Waals surface area contributed by atoms with E-state index in [1.165, 1.54) is 44.1 Å². The van der Waals surface area contributed by atoms with E-state index in [9.17, 15) is 9.59 Å². The van der Waals surface area contributed by atoms with Crippen molar-refractivity contribution in [2.75, 3.05) is 13.1 Å². The number of amides is 1. The van der Waals surface area contributed by atoms with Crippen molar-refractivity contribution >= 4 is 17.6 Å². The Bertz CT molecular complexity index is 980. The highest BCUT2D eigenvalue weighted by atomic mass is 16.7. The van der Waals surface area contributed by atoms with Gasteiger partial charge in [0.25, 0.3) is 0 Å². The monoisotopic (exact) mass is 509 g/mol. The Morgan fingerprint density at radius 2 is 1.89 bits per heavy atom. The van der Waals surface area contributed by atoms with E-state index in [0.717, 1.165) is 69.7 Å². The largest absolute Gasteiger partial charge is 0.436 e. The Kier molecular flexibility index (Phi) is 6.78. The van der Waals surface area contributed by atoms with Gasteiger partial charge in [-0.2, -0.15) is 0 Å². The average molecular weight is 510 g/mol. The van der Waals surface area contributed by atoms with Crippen molar-refractivity contribution < 1.29 is 14.4 Å². The Hall–Kier alpha value is -1.69. The van der Waals surface area contributed by atoms with Crippen molar-refractivity contribution in [1.82, 2.24) is 10.2 Å². The fourth-order valence-corrected chi connectivity index (χ4v) is 9.55. The highest BCUT2D eigenvalue weighted by Gasteiger charge is 2.59. The van der Waals surface area contributed by atoms with Crippen molar-refractivity contribution in [2.45, 2.75) is 116 Å². The van der Waals surface area contributed by atoms with E-state index in [1.807, 2.05) is 11.0 Å². The molecule has 0 aromatic heterocycles. The van der Waals surface area contributed by atoms with Gasteiger partial charge in [-0.1, -0.05) is 31.0 Å². The number of allylic oxidation sites excluding steroid dienone is 1. The molecule has 1 heterocycles. The molecular weight excluding hydrogens is 462 g/mol. The third-order valence-corrected chi connectivity index (χ3v) is 11.8. The van der Waals surface area contributed by atoms with Gasteiger partial charge in [-0.15, -0.1) is 0 Å². The Labute approximate surface area is 223 Å². The highest BCUT2D eigenvalue weighted by molar-refractivity contribution is 5.91. The van der Waals surface area contributed by atoms with Crippen molar-refractivity contribution in [3.63, 3.8) is 0 Å². The lowest BCUT2D eigenvalue weighted by atomic mass is 9.46. The predicted octanol–water partition coefficient (Wildman–Crippen LogP) is 6.25. The van der Waals surface area contributed by atoms with Crippen LogP contribution in [-0.4, -0.2) is 47.7 Å². The zero-order valence-electron chi connectivity index (χ0n) is 23.3. The van der Waals surface area contributed by atoms with Crippen molar-refractivity contribution in [3.8, 4) is 0 Å². The molecule has 37 heavy (non-hydrogen) atoms. The van der Waals surface area contributed by atoms with Crippen molar-refractivity contribution in [2.24, 2.45) is 39.7 Å². The van der Waals surface area contributed by atoms with E-state index >= 15 is 0 Å². The van der Waals surface area contributed by atoms with Crippen LogP contribution in [0.25, 0.3) is 0 Å². The number of oxime groups is 1. The number of piperidine rings is 1. The number of carbonyl (C=O) groups is 2. The Morgan fingerprint density at radius 3 is 2.65 bits per heavy atom. The van der Waals surface area contributed by atoms with E-state index in [-0.39, 0.29) is 16.9 Å². The first kappa shape index (κ1) is 25.6. The molecule has 1 aliphatic heterocycles. The summed E-state index contributed by atoms with van der Waals surface area (Å²) in [5.74, 6) is 2.87. The summed E-state index contributed by atoms with van der Waals surface area (Å²) in [6.45, 7) is 8.84. The maximum absolute atomic E-state index is 13.1. The molecule has 6 heteroatoms. The van der Waals surface area contributed by atoms with Crippen LogP contribution in [0.4, 0.5) is 4.79 Å². The molecule has 6 nitrogen and oxygen atoms in total. The molecule has 5 aliphatic carbocycles. The third kappa shape index (κ3) is 4.59. The zero-order chi connectivity index (χ0) is 25.8. The SMILES string of the molecule is C/C(=N\OC(=O)N(CC1CCCCN1)C1CC1)[C@H]1CC[C@H]2[C@@H]3CCC4=CC(=O)CC[C@]4(C)[C@H]3CC[C@]12C.